The van der Waals surface area contributed by atoms with E-state index in [1.54, 1.807) is 23.0 Å². The Morgan fingerprint density at radius 2 is 1.90 bits per heavy atom. The molecule has 3 heterocycles. The first-order chi connectivity index (χ1) is 14.2. The van der Waals surface area contributed by atoms with Crippen LogP contribution in [0.2, 0.25) is 0 Å². The molecule has 0 aliphatic heterocycles. The molecule has 7 nitrogen and oxygen atoms in total. The lowest BCUT2D eigenvalue weighted by atomic mass is 10.1. The number of H-pyrrole nitrogens is 1. The third-order valence-electron chi connectivity index (χ3n) is 4.61. The lowest BCUT2D eigenvalue weighted by Crippen LogP contribution is -2.06. The Balaban J connectivity index is 1.44. The van der Waals surface area contributed by atoms with E-state index in [0.29, 0.717) is 29.3 Å². The SMILES string of the molecule is Fc1ccc(CCOc2cncc3nnc(-c4ccc5cn[nH]c5c4)n23)cc1F. The van der Waals surface area contributed by atoms with E-state index in [9.17, 15) is 8.78 Å². The van der Waals surface area contributed by atoms with Crippen LogP contribution in [-0.2, 0) is 6.42 Å². The Morgan fingerprint density at radius 3 is 2.79 bits per heavy atom. The molecule has 0 unspecified atom stereocenters. The van der Waals surface area contributed by atoms with Crippen molar-refractivity contribution in [2.45, 2.75) is 6.42 Å². The van der Waals surface area contributed by atoms with Crippen LogP contribution in [0.1, 0.15) is 5.56 Å². The highest BCUT2D eigenvalue weighted by Crippen LogP contribution is 2.25. The molecule has 0 aliphatic carbocycles. The summed E-state index contributed by atoms with van der Waals surface area (Å²) in [5.41, 5.74) is 2.90. The first-order valence-corrected chi connectivity index (χ1v) is 8.88. The monoisotopic (exact) mass is 392 g/mol. The number of nitrogens with zero attached hydrogens (tertiary/aromatic N) is 5. The van der Waals surface area contributed by atoms with E-state index in [1.165, 1.54) is 12.1 Å². The van der Waals surface area contributed by atoms with Crippen molar-refractivity contribution in [1.29, 1.82) is 0 Å². The van der Waals surface area contributed by atoms with Crippen LogP contribution in [0.5, 0.6) is 5.88 Å². The predicted octanol–water partition coefficient (Wildman–Crippen LogP) is 3.57. The molecule has 144 valence electrons. The van der Waals surface area contributed by atoms with E-state index >= 15 is 0 Å². The van der Waals surface area contributed by atoms with Crippen LogP contribution in [0.4, 0.5) is 8.78 Å². The van der Waals surface area contributed by atoms with E-state index < -0.39 is 11.6 Å². The summed E-state index contributed by atoms with van der Waals surface area (Å²) in [6, 6.07) is 9.62. The second kappa shape index (κ2) is 6.93. The minimum Gasteiger partial charge on any atom is -0.477 e. The number of aromatic amines is 1. The molecule has 2 aromatic carbocycles. The van der Waals surface area contributed by atoms with Gasteiger partial charge in [-0.2, -0.15) is 5.10 Å². The quantitative estimate of drug-likeness (QED) is 0.495. The van der Waals surface area contributed by atoms with Crippen molar-refractivity contribution >= 4 is 16.6 Å². The van der Waals surface area contributed by atoms with Crippen LogP contribution < -0.4 is 4.74 Å². The van der Waals surface area contributed by atoms with Crippen LogP contribution in [0.3, 0.4) is 0 Å². The van der Waals surface area contributed by atoms with Crippen LogP contribution >= 0.6 is 0 Å². The molecule has 29 heavy (non-hydrogen) atoms. The second-order valence-electron chi connectivity index (χ2n) is 6.48. The number of halogens is 2. The van der Waals surface area contributed by atoms with E-state index in [4.69, 9.17) is 4.74 Å². The largest absolute Gasteiger partial charge is 0.477 e. The number of nitrogens with one attached hydrogen (secondary N) is 1. The Bertz CT molecular complexity index is 1330. The Labute approximate surface area is 163 Å². The molecular formula is C20H14F2N6O. The molecule has 0 saturated carbocycles. The third-order valence-corrected chi connectivity index (χ3v) is 4.61. The first kappa shape index (κ1) is 17.2. The molecule has 0 atom stereocenters. The van der Waals surface area contributed by atoms with Gasteiger partial charge in [0.15, 0.2) is 23.1 Å². The Kier molecular flexibility index (Phi) is 4.12. The molecule has 0 radical (unpaired) electrons. The highest BCUT2D eigenvalue weighted by Gasteiger charge is 2.14. The predicted molar refractivity (Wildman–Crippen MR) is 101 cm³/mol. The molecule has 0 aliphatic rings. The Morgan fingerprint density at radius 1 is 0.966 bits per heavy atom. The van der Waals surface area contributed by atoms with Crippen molar-refractivity contribution in [1.82, 2.24) is 29.8 Å². The van der Waals surface area contributed by atoms with Gasteiger partial charge in [0, 0.05) is 17.4 Å². The standard InChI is InChI=1S/C20H14F2N6O/c21-15-4-1-12(7-16(15)22)5-6-29-19-11-23-10-18-26-27-20(28(18)19)13-2-3-14-9-24-25-17(14)8-13/h1-4,7-11H,5-6H2,(H,24,25). The number of fused-ring (bicyclic) bond motifs is 2. The van der Waals surface area contributed by atoms with Gasteiger partial charge in [-0.1, -0.05) is 18.2 Å². The summed E-state index contributed by atoms with van der Waals surface area (Å²) in [6.07, 6.45) is 5.32. The van der Waals surface area contributed by atoms with E-state index in [0.717, 1.165) is 22.5 Å². The van der Waals surface area contributed by atoms with Crippen LogP contribution in [0, 0.1) is 11.6 Å². The summed E-state index contributed by atoms with van der Waals surface area (Å²) in [5, 5.41) is 16.4. The van der Waals surface area contributed by atoms with Crippen molar-refractivity contribution in [3.05, 3.63) is 72.2 Å². The van der Waals surface area contributed by atoms with E-state index in [2.05, 4.69) is 25.4 Å². The summed E-state index contributed by atoms with van der Waals surface area (Å²) in [7, 11) is 0. The number of hydrogen-bond acceptors (Lipinski definition) is 5. The number of hydrogen-bond donors (Lipinski definition) is 1. The molecule has 1 N–H and O–H groups in total. The van der Waals surface area contributed by atoms with Gasteiger partial charge in [-0.25, -0.2) is 13.2 Å². The first-order valence-electron chi connectivity index (χ1n) is 8.88. The number of rotatable bonds is 5. The second-order valence-corrected chi connectivity index (χ2v) is 6.48. The maximum atomic E-state index is 13.4. The van der Waals surface area contributed by atoms with Gasteiger partial charge >= 0.3 is 0 Å². The fourth-order valence-electron chi connectivity index (χ4n) is 3.16. The van der Waals surface area contributed by atoms with Gasteiger partial charge in [0.1, 0.15) is 0 Å². The molecule has 9 heteroatoms. The lowest BCUT2D eigenvalue weighted by Gasteiger charge is -2.10. The zero-order valence-corrected chi connectivity index (χ0v) is 15.0. The molecule has 0 fully saturated rings. The molecule has 0 amide bonds. The maximum Gasteiger partial charge on any atom is 0.220 e. The molecule has 5 rings (SSSR count). The molecule has 0 spiro atoms. The summed E-state index contributed by atoms with van der Waals surface area (Å²) in [5.74, 6) is -0.690. The fourth-order valence-corrected chi connectivity index (χ4v) is 3.16. The average Bonchev–Trinajstić information content (AvgIpc) is 3.37. The number of benzene rings is 2. The molecular weight excluding hydrogens is 378 g/mol. The van der Waals surface area contributed by atoms with Crippen molar-refractivity contribution in [2.24, 2.45) is 0 Å². The van der Waals surface area contributed by atoms with Crippen molar-refractivity contribution in [3.8, 4) is 17.3 Å². The maximum absolute atomic E-state index is 13.4. The summed E-state index contributed by atoms with van der Waals surface area (Å²) in [6.45, 7) is 0.253. The van der Waals surface area contributed by atoms with Crippen LogP contribution in [0.25, 0.3) is 27.9 Å². The lowest BCUT2D eigenvalue weighted by molar-refractivity contribution is 0.304. The minimum absolute atomic E-state index is 0.253. The normalized spacial score (nSPS) is 11.4. The molecule has 0 bridgehead atoms. The topological polar surface area (TPSA) is 81.0 Å². The van der Waals surface area contributed by atoms with Gasteiger partial charge < -0.3 is 4.74 Å². The molecule has 3 aromatic heterocycles. The van der Waals surface area contributed by atoms with E-state index in [-0.39, 0.29) is 6.61 Å². The van der Waals surface area contributed by atoms with Crippen molar-refractivity contribution in [2.75, 3.05) is 6.61 Å². The summed E-state index contributed by atoms with van der Waals surface area (Å²) >= 11 is 0. The average molecular weight is 392 g/mol. The van der Waals surface area contributed by atoms with Gasteiger partial charge in [0.2, 0.25) is 5.88 Å². The number of ether oxygens (including phenoxy) is 1. The molecule has 0 saturated heterocycles. The number of aromatic nitrogens is 6. The third kappa shape index (κ3) is 3.16. The molecule has 5 aromatic rings. The smallest absolute Gasteiger partial charge is 0.220 e. The van der Waals surface area contributed by atoms with Gasteiger partial charge in [-0.05, 0) is 23.8 Å². The van der Waals surface area contributed by atoms with Gasteiger partial charge in [-0.15, -0.1) is 10.2 Å². The zero-order valence-electron chi connectivity index (χ0n) is 15.0. The van der Waals surface area contributed by atoms with Crippen molar-refractivity contribution in [3.63, 3.8) is 0 Å². The zero-order chi connectivity index (χ0) is 19.8. The Hall–Kier alpha value is -3.88. The van der Waals surface area contributed by atoms with Crippen molar-refractivity contribution < 1.29 is 13.5 Å². The van der Waals surface area contributed by atoms with Crippen LogP contribution in [0.15, 0.2) is 55.0 Å². The van der Waals surface area contributed by atoms with E-state index in [1.807, 2.05) is 18.2 Å². The summed E-state index contributed by atoms with van der Waals surface area (Å²) in [4.78, 5) is 4.14. The highest BCUT2D eigenvalue weighted by atomic mass is 19.2. The van der Waals surface area contributed by atoms with Gasteiger partial charge in [0.25, 0.3) is 0 Å². The summed E-state index contributed by atoms with van der Waals surface area (Å²) < 4.78 is 34.1. The van der Waals surface area contributed by atoms with Crippen LogP contribution in [-0.4, -0.2) is 36.4 Å². The van der Waals surface area contributed by atoms with Gasteiger partial charge in [-0.3, -0.25) is 10.1 Å². The fraction of sp³-hybridized carbons (Fsp3) is 0.100. The van der Waals surface area contributed by atoms with Gasteiger partial charge in [0.05, 0.1) is 30.7 Å². The minimum atomic E-state index is -0.874. The highest BCUT2D eigenvalue weighted by molar-refractivity contribution is 5.82.